The summed E-state index contributed by atoms with van der Waals surface area (Å²) in [5.74, 6) is 0. The number of nitrogens with zero attached hydrogens (tertiary/aromatic N) is 2. The highest BCUT2D eigenvalue weighted by Gasteiger charge is 1.89. The van der Waals surface area contributed by atoms with Crippen LogP contribution >= 0.6 is 0 Å². The summed E-state index contributed by atoms with van der Waals surface area (Å²) in [6.45, 7) is 1.32. The minimum atomic E-state index is 0.660. The summed E-state index contributed by atoms with van der Waals surface area (Å²) in [5.41, 5.74) is 2.39. The Kier molecular flexibility index (Phi) is 3.83. The van der Waals surface area contributed by atoms with Crippen LogP contribution in [0.5, 0.6) is 0 Å². The molecular formula is C14H14N2. The lowest BCUT2D eigenvalue weighted by atomic mass is 10.2. The van der Waals surface area contributed by atoms with E-state index in [0.29, 0.717) is 13.1 Å². The first-order valence-corrected chi connectivity index (χ1v) is 5.36. The van der Waals surface area contributed by atoms with Gasteiger partial charge in [0.2, 0.25) is 0 Å². The van der Waals surface area contributed by atoms with Crippen molar-refractivity contribution in [2.24, 2.45) is 10.2 Å². The molecule has 0 aliphatic heterocycles. The van der Waals surface area contributed by atoms with Gasteiger partial charge in [-0.1, -0.05) is 60.7 Å². The van der Waals surface area contributed by atoms with Gasteiger partial charge in [0.05, 0.1) is 13.1 Å². The Morgan fingerprint density at radius 2 is 0.938 bits per heavy atom. The van der Waals surface area contributed by atoms with Gasteiger partial charge < -0.3 is 0 Å². The third-order valence-corrected chi connectivity index (χ3v) is 2.29. The predicted octanol–water partition coefficient (Wildman–Crippen LogP) is 3.84. The highest BCUT2D eigenvalue weighted by atomic mass is 15.1. The zero-order chi connectivity index (χ0) is 11.1. The third-order valence-electron chi connectivity index (χ3n) is 2.29. The summed E-state index contributed by atoms with van der Waals surface area (Å²) in [6, 6.07) is 20.3. The lowest BCUT2D eigenvalue weighted by Crippen LogP contribution is -1.81. The van der Waals surface area contributed by atoms with Crippen LogP contribution in [0.1, 0.15) is 11.1 Å². The summed E-state index contributed by atoms with van der Waals surface area (Å²) in [6.07, 6.45) is 0. The summed E-state index contributed by atoms with van der Waals surface area (Å²) < 4.78 is 0. The average molecular weight is 210 g/mol. The van der Waals surface area contributed by atoms with Crippen molar-refractivity contribution in [1.29, 1.82) is 0 Å². The monoisotopic (exact) mass is 210 g/mol. The molecule has 0 spiro atoms. The number of rotatable bonds is 4. The van der Waals surface area contributed by atoms with Crippen molar-refractivity contribution >= 4 is 0 Å². The molecule has 0 unspecified atom stereocenters. The number of hydrogen-bond donors (Lipinski definition) is 0. The SMILES string of the molecule is c1ccc(C/N=N/Cc2ccccc2)cc1. The van der Waals surface area contributed by atoms with E-state index in [1.54, 1.807) is 0 Å². The van der Waals surface area contributed by atoms with Crippen LogP contribution in [0.3, 0.4) is 0 Å². The van der Waals surface area contributed by atoms with Crippen LogP contribution in [0, 0.1) is 0 Å². The van der Waals surface area contributed by atoms with E-state index in [2.05, 4.69) is 34.5 Å². The summed E-state index contributed by atoms with van der Waals surface area (Å²) in [7, 11) is 0. The van der Waals surface area contributed by atoms with Crippen molar-refractivity contribution in [2.75, 3.05) is 0 Å². The van der Waals surface area contributed by atoms with Gasteiger partial charge in [0.15, 0.2) is 0 Å². The molecule has 0 heterocycles. The van der Waals surface area contributed by atoms with Crippen molar-refractivity contribution in [3.63, 3.8) is 0 Å². The molecule has 80 valence electrons. The van der Waals surface area contributed by atoms with Crippen molar-refractivity contribution < 1.29 is 0 Å². The van der Waals surface area contributed by atoms with Crippen LogP contribution in [0.2, 0.25) is 0 Å². The normalized spacial score (nSPS) is 10.8. The molecule has 0 aromatic heterocycles. The predicted molar refractivity (Wildman–Crippen MR) is 65.1 cm³/mol. The molecule has 2 aromatic rings. The first kappa shape index (κ1) is 10.6. The van der Waals surface area contributed by atoms with Gasteiger partial charge in [0.1, 0.15) is 0 Å². The zero-order valence-electron chi connectivity index (χ0n) is 9.08. The number of azo groups is 1. The molecule has 0 N–H and O–H groups in total. The van der Waals surface area contributed by atoms with Gasteiger partial charge in [0, 0.05) is 0 Å². The summed E-state index contributed by atoms with van der Waals surface area (Å²) in [4.78, 5) is 0. The molecular weight excluding hydrogens is 196 g/mol. The molecule has 0 aliphatic rings. The first-order chi connectivity index (χ1) is 7.95. The molecule has 2 aromatic carbocycles. The molecule has 2 rings (SSSR count). The summed E-state index contributed by atoms with van der Waals surface area (Å²) >= 11 is 0. The second-order valence-electron chi connectivity index (χ2n) is 3.57. The van der Waals surface area contributed by atoms with Crippen LogP contribution < -0.4 is 0 Å². The van der Waals surface area contributed by atoms with Gasteiger partial charge in [-0.25, -0.2) is 0 Å². The van der Waals surface area contributed by atoms with Crippen LogP contribution in [0.15, 0.2) is 70.9 Å². The molecule has 0 radical (unpaired) electrons. The van der Waals surface area contributed by atoms with Crippen molar-refractivity contribution in [3.8, 4) is 0 Å². The quantitative estimate of drug-likeness (QED) is 0.685. The fraction of sp³-hybridized carbons (Fsp3) is 0.143. The molecule has 16 heavy (non-hydrogen) atoms. The highest BCUT2D eigenvalue weighted by Crippen LogP contribution is 2.03. The Labute approximate surface area is 95.7 Å². The molecule has 2 heteroatoms. The maximum absolute atomic E-state index is 4.16. The standard InChI is InChI=1S/C14H14N2/c1-3-7-13(8-4-1)11-15-16-12-14-9-5-2-6-10-14/h1-10H,11-12H2/b16-15+. The Hall–Kier alpha value is -1.96. The average Bonchev–Trinajstić information content (AvgIpc) is 2.37. The molecule has 0 bridgehead atoms. The smallest absolute Gasteiger partial charge is 0.0849 e. The van der Waals surface area contributed by atoms with Crippen LogP contribution in [-0.2, 0) is 13.1 Å². The lowest BCUT2D eigenvalue weighted by Gasteiger charge is -1.95. The second-order valence-corrected chi connectivity index (χ2v) is 3.57. The number of benzene rings is 2. The minimum Gasteiger partial charge on any atom is -0.189 e. The Balaban J connectivity index is 1.83. The van der Waals surface area contributed by atoms with E-state index in [1.807, 2.05) is 36.4 Å². The topological polar surface area (TPSA) is 24.7 Å². The van der Waals surface area contributed by atoms with E-state index in [-0.39, 0.29) is 0 Å². The first-order valence-electron chi connectivity index (χ1n) is 5.36. The van der Waals surface area contributed by atoms with Crippen molar-refractivity contribution in [3.05, 3.63) is 71.8 Å². The van der Waals surface area contributed by atoms with Crippen LogP contribution in [-0.4, -0.2) is 0 Å². The van der Waals surface area contributed by atoms with E-state index < -0.39 is 0 Å². The fourth-order valence-corrected chi connectivity index (χ4v) is 1.43. The van der Waals surface area contributed by atoms with E-state index in [9.17, 15) is 0 Å². The Bertz CT molecular complexity index is 391. The van der Waals surface area contributed by atoms with E-state index >= 15 is 0 Å². The lowest BCUT2D eigenvalue weighted by molar-refractivity contribution is 0.851. The van der Waals surface area contributed by atoms with Crippen LogP contribution in [0.4, 0.5) is 0 Å². The molecule has 0 fully saturated rings. The van der Waals surface area contributed by atoms with Crippen molar-refractivity contribution in [1.82, 2.24) is 0 Å². The maximum Gasteiger partial charge on any atom is 0.0849 e. The second kappa shape index (κ2) is 5.81. The summed E-state index contributed by atoms with van der Waals surface area (Å²) in [5, 5.41) is 8.32. The third kappa shape index (κ3) is 3.31. The van der Waals surface area contributed by atoms with Crippen molar-refractivity contribution in [2.45, 2.75) is 13.1 Å². The van der Waals surface area contributed by atoms with E-state index in [1.165, 1.54) is 11.1 Å². The fourth-order valence-electron chi connectivity index (χ4n) is 1.43. The van der Waals surface area contributed by atoms with Gasteiger partial charge in [-0.2, -0.15) is 10.2 Å². The van der Waals surface area contributed by atoms with Gasteiger partial charge in [0.25, 0.3) is 0 Å². The van der Waals surface area contributed by atoms with E-state index in [0.717, 1.165) is 0 Å². The molecule has 2 nitrogen and oxygen atoms in total. The van der Waals surface area contributed by atoms with Gasteiger partial charge in [-0.05, 0) is 11.1 Å². The van der Waals surface area contributed by atoms with Gasteiger partial charge in [-0.3, -0.25) is 0 Å². The maximum atomic E-state index is 4.16. The van der Waals surface area contributed by atoms with Gasteiger partial charge >= 0.3 is 0 Å². The Morgan fingerprint density at radius 3 is 1.31 bits per heavy atom. The Morgan fingerprint density at radius 1 is 0.562 bits per heavy atom. The zero-order valence-corrected chi connectivity index (χ0v) is 9.08. The largest absolute Gasteiger partial charge is 0.189 e. The van der Waals surface area contributed by atoms with Crippen LogP contribution in [0.25, 0.3) is 0 Å². The molecule has 0 saturated carbocycles. The minimum absolute atomic E-state index is 0.660. The molecule has 0 amide bonds. The molecule has 0 saturated heterocycles. The van der Waals surface area contributed by atoms with E-state index in [4.69, 9.17) is 0 Å². The number of hydrogen-bond acceptors (Lipinski definition) is 2. The molecule has 0 aliphatic carbocycles. The van der Waals surface area contributed by atoms with Gasteiger partial charge in [-0.15, -0.1) is 0 Å². The molecule has 0 atom stereocenters. The highest BCUT2D eigenvalue weighted by molar-refractivity contribution is 5.15.